The number of carbonyl (C=O) groups is 2. The third-order valence-electron chi connectivity index (χ3n) is 5.65. The number of aromatic nitrogens is 2. The molecular formula is C23H18ClFN4O3. The lowest BCUT2D eigenvalue weighted by molar-refractivity contribution is 0.101. The second-order valence-corrected chi connectivity index (χ2v) is 8.09. The van der Waals surface area contributed by atoms with Crippen LogP contribution >= 0.6 is 11.6 Å². The molecule has 0 fully saturated rings. The average molecular weight is 453 g/mol. The van der Waals surface area contributed by atoms with Crippen LogP contribution in [0.5, 0.6) is 5.75 Å². The zero-order chi connectivity index (χ0) is 22.4. The third-order valence-corrected chi connectivity index (χ3v) is 5.95. The van der Waals surface area contributed by atoms with Crippen LogP contribution in [-0.2, 0) is 13.0 Å². The number of hydrogen-bond acceptors (Lipinski definition) is 5. The molecule has 0 bridgehead atoms. The zero-order valence-corrected chi connectivity index (χ0v) is 17.8. The van der Waals surface area contributed by atoms with Crippen LogP contribution in [0.25, 0.3) is 0 Å². The second-order valence-electron chi connectivity index (χ2n) is 7.69. The van der Waals surface area contributed by atoms with Crippen molar-refractivity contribution in [3.63, 3.8) is 0 Å². The Morgan fingerprint density at radius 1 is 1.28 bits per heavy atom. The number of nitrogens with zero attached hydrogens (tertiary/aromatic N) is 3. The van der Waals surface area contributed by atoms with Crippen LogP contribution in [0.1, 0.15) is 46.8 Å². The molecule has 2 aliphatic rings. The fourth-order valence-electron chi connectivity index (χ4n) is 4.10. The molecule has 0 saturated carbocycles. The highest BCUT2D eigenvalue weighted by molar-refractivity contribution is 6.34. The van der Waals surface area contributed by atoms with E-state index in [1.165, 1.54) is 36.4 Å². The number of benzene rings is 1. The van der Waals surface area contributed by atoms with E-state index in [0.29, 0.717) is 46.2 Å². The van der Waals surface area contributed by atoms with Gasteiger partial charge < -0.3 is 10.1 Å². The number of nitrogens with one attached hydrogen (secondary N) is 1. The molecular weight excluding hydrogens is 435 g/mol. The molecule has 3 aromatic rings. The number of anilines is 2. The van der Waals surface area contributed by atoms with Gasteiger partial charge in [0.15, 0.2) is 5.78 Å². The minimum atomic E-state index is -0.540. The Labute approximate surface area is 188 Å². The predicted molar refractivity (Wildman–Crippen MR) is 117 cm³/mol. The van der Waals surface area contributed by atoms with Crippen molar-refractivity contribution >= 4 is 34.8 Å². The molecule has 0 spiro atoms. The van der Waals surface area contributed by atoms with Gasteiger partial charge in [0.05, 0.1) is 22.9 Å². The molecule has 9 heteroatoms. The van der Waals surface area contributed by atoms with Crippen molar-refractivity contribution in [2.45, 2.75) is 32.4 Å². The fraction of sp³-hybridized carbons (Fsp3) is 0.217. The van der Waals surface area contributed by atoms with E-state index in [1.54, 1.807) is 18.2 Å². The summed E-state index contributed by atoms with van der Waals surface area (Å²) in [6.45, 7) is 1.56. The highest BCUT2D eigenvalue weighted by Crippen LogP contribution is 2.42. The Morgan fingerprint density at radius 2 is 2.12 bits per heavy atom. The van der Waals surface area contributed by atoms with Crippen molar-refractivity contribution in [1.29, 1.82) is 0 Å². The van der Waals surface area contributed by atoms with Gasteiger partial charge in [0.25, 0.3) is 0 Å². The number of amides is 2. The average Bonchev–Trinajstić information content (AvgIpc) is 2.78. The van der Waals surface area contributed by atoms with E-state index in [4.69, 9.17) is 16.3 Å². The number of Topliss-reactive ketones (excluding diaryl/α,β-unsaturated/α-hetero) is 1. The van der Waals surface area contributed by atoms with Crippen LogP contribution in [-0.4, -0.2) is 21.8 Å². The number of halogens is 2. The minimum Gasteiger partial charge on any atom is -0.484 e. The second kappa shape index (κ2) is 7.87. The molecule has 1 aromatic carbocycles. The largest absolute Gasteiger partial charge is 0.484 e. The number of pyridine rings is 2. The number of fused-ring (bicyclic) bond motifs is 2. The first-order valence-corrected chi connectivity index (χ1v) is 10.5. The highest BCUT2D eigenvalue weighted by Gasteiger charge is 2.31. The smallest absolute Gasteiger partial charge is 0.326 e. The number of carbonyl (C=O) groups excluding carboxylic acids is 2. The Morgan fingerprint density at radius 3 is 2.91 bits per heavy atom. The summed E-state index contributed by atoms with van der Waals surface area (Å²) in [5.74, 6) is -0.105. The van der Waals surface area contributed by atoms with Gasteiger partial charge in [0.1, 0.15) is 29.1 Å². The maximum absolute atomic E-state index is 14.2. The number of ether oxygens (including phenoxy) is 1. The minimum absolute atomic E-state index is 0.126. The molecule has 1 N–H and O–H groups in total. The Balaban J connectivity index is 1.51. The van der Waals surface area contributed by atoms with Gasteiger partial charge in [0.2, 0.25) is 0 Å². The van der Waals surface area contributed by atoms with E-state index < -0.39 is 11.9 Å². The Hall–Kier alpha value is -3.52. The topological polar surface area (TPSA) is 84.4 Å². The molecule has 0 aliphatic carbocycles. The lowest BCUT2D eigenvalue weighted by atomic mass is 9.99. The molecule has 4 heterocycles. The number of aryl methyl sites for hydroxylation is 1. The summed E-state index contributed by atoms with van der Waals surface area (Å²) in [6.07, 6.45) is 3.66. The zero-order valence-electron chi connectivity index (χ0n) is 17.1. The summed E-state index contributed by atoms with van der Waals surface area (Å²) in [5, 5.41) is 3.17. The first kappa shape index (κ1) is 20.4. The molecule has 32 heavy (non-hydrogen) atoms. The number of ketones is 1. The monoisotopic (exact) mass is 452 g/mol. The van der Waals surface area contributed by atoms with Crippen molar-refractivity contribution in [3.8, 4) is 5.75 Å². The Kier molecular flexibility index (Phi) is 5.01. The standard InChI is InChI=1S/C23H18ClFN4O3/c1-12(30)21-14-11-29(23(31)28-17(14)6-8-27-21)18-10-20-13(9-15(18)24)4-5-19(32-20)22-16(25)3-2-7-26-22/h2-3,6-10,19H,4-5,11H2,1H3,(H,28,31). The van der Waals surface area contributed by atoms with Gasteiger partial charge in [-0.25, -0.2) is 9.18 Å². The van der Waals surface area contributed by atoms with E-state index >= 15 is 0 Å². The summed E-state index contributed by atoms with van der Waals surface area (Å²) in [7, 11) is 0. The van der Waals surface area contributed by atoms with Crippen molar-refractivity contribution in [2.24, 2.45) is 0 Å². The van der Waals surface area contributed by atoms with Crippen LogP contribution in [0.2, 0.25) is 5.02 Å². The predicted octanol–water partition coefficient (Wildman–Crippen LogP) is 5.09. The van der Waals surface area contributed by atoms with Gasteiger partial charge in [-0.2, -0.15) is 0 Å². The summed E-state index contributed by atoms with van der Waals surface area (Å²) in [6, 6.07) is 7.59. The van der Waals surface area contributed by atoms with E-state index in [-0.39, 0.29) is 24.1 Å². The van der Waals surface area contributed by atoms with Gasteiger partial charge in [-0.1, -0.05) is 11.6 Å². The lowest BCUT2D eigenvalue weighted by Crippen LogP contribution is -2.39. The van der Waals surface area contributed by atoms with E-state index in [2.05, 4.69) is 15.3 Å². The third kappa shape index (κ3) is 3.46. The molecule has 2 aliphatic heterocycles. The Bertz CT molecular complexity index is 1270. The molecule has 5 rings (SSSR count). The molecule has 1 atom stereocenters. The quantitative estimate of drug-likeness (QED) is 0.559. The SMILES string of the molecule is CC(=O)c1nccc2c1CN(c1cc3c(cc1Cl)CCC(c1ncccc1F)O3)C(=O)N2. The van der Waals surface area contributed by atoms with Crippen LogP contribution in [0.4, 0.5) is 20.6 Å². The van der Waals surface area contributed by atoms with Gasteiger partial charge >= 0.3 is 6.03 Å². The van der Waals surface area contributed by atoms with E-state index in [0.717, 1.165) is 5.56 Å². The summed E-state index contributed by atoms with van der Waals surface area (Å²) in [4.78, 5) is 34.6. The maximum atomic E-state index is 14.2. The van der Waals surface area contributed by atoms with Crippen molar-refractivity contribution in [3.05, 3.63) is 76.1 Å². The first-order chi connectivity index (χ1) is 15.4. The number of rotatable bonds is 3. The fourth-order valence-corrected chi connectivity index (χ4v) is 4.39. The number of urea groups is 1. The molecule has 1 unspecified atom stereocenters. The normalized spacial score (nSPS) is 17.2. The van der Waals surface area contributed by atoms with Gasteiger partial charge in [-0.15, -0.1) is 0 Å². The van der Waals surface area contributed by atoms with Gasteiger partial charge in [-0.3, -0.25) is 19.7 Å². The van der Waals surface area contributed by atoms with E-state index in [9.17, 15) is 14.0 Å². The van der Waals surface area contributed by atoms with E-state index in [1.807, 2.05) is 0 Å². The maximum Gasteiger partial charge on any atom is 0.326 e. The van der Waals surface area contributed by atoms with Crippen molar-refractivity contribution in [1.82, 2.24) is 9.97 Å². The summed E-state index contributed by atoms with van der Waals surface area (Å²) in [5.41, 5.74) is 2.99. The number of hydrogen-bond donors (Lipinski definition) is 1. The van der Waals surface area contributed by atoms with Gasteiger partial charge in [-0.05, 0) is 42.7 Å². The summed E-state index contributed by atoms with van der Waals surface area (Å²) >= 11 is 6.54. The van der Waals surface area contributed by atoms with Gasteiger partial charge in [0, 0.05) is 30.9 Å². The highest BCUT2D eigenvalue weighted by atomic mass is 35.5. The van der Waals surface area contributed by atoms with Crippen LogP contribution in [0.15, 0.2) is 42.7 Å². The molecule has 7 nitrogen and oxygen atoms in total. The van der Waals surface area contributed by atoms with Crippen LogP contribution in [0.3, 0.4) is 0 Å². The molecule has 0 saturated heterocycles. The van der Waals surface area contributed by atoms with Crippen LogP contribution in [0, 0.1) is 5.82 Å². The summed E-state index contributed by atoms with van der Waals surface area (Å²) < 4.78 is 20.3. The van der Waals surface area contributed by atoms with Crippen molar-refractivity contribution in [2.75, 3.05) is 10.2 Å². The molecule has 2 aromatic heterocycles. The van der Waals surface area contributed by atoms with Crippen molar-refractivity contribution < 1.29 is 18.7 Å². The first-order valence-electron chi connectivity index (χ1n) is 10.1. The molecule has 0 radical (unpaired) electrons. The molecule has 162 valence electrons. The van der Waals surface area contributed by atoms with Crippen LogP contribution < -0.4 is 15.0 Å². The lowest BCUT2D eigenvalue weighted by Gasteiger charge is -2.32. The molecule has 2 amide bonds.